The van der Waals surface area contributed by atoms with Gasteiger partial charge in [-0.15, -0.1) is 0 Å². The number of fused-ring (bicyclic) bond motifs is 1. The van der Waals surface area contributed by atoms with E-state index in [0.717, 1.165) is 5.56 Å². The maximum atomic E-state index is 13.4. The largest absolute Gasteiger partial charge is 0.493 e. The first kappa shape index (κ1) is 18.4. The molecular formula is C23H18N2O4. The average Bonchev–Trinajstić information content (AvgIpc) is 3.21. The number of carbonyl (C=O) groups excluding carboxylic acids is 1. The fourth-order valence-corrected chi connectivity index (χ4v) is 2.97. The second-order valence-corrected chi connectivity index (χ2v) is 6.23. The number of benzene rings is 2. The molecule has 0 radical (unpaired) electrons. The van der Waals surface area contributed by atoms with Gasteiger partial charge in [-0.3, -0.25) is 9.78 Å². The summed E-state index contributed by atoms with van der Waals surface area (Å²) in [6.45, 7) is 0. The molecule has 0 unspecified atom stereocenters. The maximum Gasteiger partial charge on any atom is 0.231 e. The smallest absolute Gasteiger partial charge is 0.231 e. The molecule has 0 N–H and O–H groups in total. The highest BCUT2D eigenvalue weighted by Gasteiger charge is 2.21. The number of para-hydroxylation sites is 2. The lowest BCUT2D eigenvalue weighted by Crippen LogP contribution is -2.04. The third-order valence-corrected chi connectivity index (χ3v) is 4.41. The number of Topliss-reactive ketones (excluding diaryl/α,β-unsaturated/α-hetero) is 1. The highest BCUT2D eigenvalue weighted by atomic mass is 16.5. The van der Waals surface area contributed by atoms with Gasteiger partial charge < -0.3 is 13.9 Å². The van der Waals surface area contributed by atoms with Crippen molar-refractivity contribution in [3.63, 3.8) is 0 Å². The molecule has 0 aliphatic rings. The third-order valence-electron chi connectivity index (χ3n) is 4.41. The van der Waals surface area contributed by atoms with Gasteiger partial charge in [-0.25, -0.2) is 4.98 Å². The topological polar surface area (TPSA) is 74.5 Å². The molecule has 0 spiro atoms. The van der Waals surface area contributed by atoms with Gasteiger partial charge >= 0.3 is 0 Å². The van der Waals surface area contributed by atoms with Gasteiger partial charge in [-0.2, -0.15) is 0 Å². The standard InChI is InChI=1S/C23H18N2O4/c1-27-20-10-9-16(13-21(20)28-2)22(26)17(12-15-6-5-11-24-14-15)23-25-18-7-3-4-8-19(18)29-23/h3-14H,1-2H3/b17-12-. The van der Waals surface area contributed by atoms with Crippen molar-refractivity contribution in [2.24, 2.45) is 0 Å². The summed E-state index contributed by atoms with van der Waals surface area (Å²) < 4.78 is 16.5. The molecule has 0 fully saturated rings. The summed E-state index contributed by atoms with van der Waals surface area (Å²) in [7, 11) is 3.07. The summed E-state index contributed by atoms with van der Waals surface area (Å²) in [5, 5.41) is 0. The first-order chi connectivity index (χ1) is 14.2. The van der Waals surface area contributed by atoms with E-state index in [1.165, 1.54) is 7.11 Å². The van der Waals surface area contributed by atoms with Crippen LogP contribution in [0.25, 0.3) is 22.7 Å². The van der Waals surface area contributed by atoms with Crippen molar-refractivity contribution in [1.29, 1.82) is 0 Å². The van der Waals surface area contributed by atoms with E-state index in [1.54, 1.807) is 49.8 Å². The molecule has 4 rings (SSSR count). The van der Waals surface area contributed by atoms with Gasteiger partial charge in [0.25, 0.3) is 0 Å². The first-order valence-electron chi connectivity index (χ1n) is 8.94. The Balaban J connectivity index is 1.84. The number of nitrogens with zero attached hydrogens (tertiary/aromatic N) is 2. The molecule has 4 aromatic rings. The molecule has 0 bridgehead atoms. The van der Waals surface area contributed by atoms with E-state index < -0.39 is 0 Å². The lowest BCUT2D eigenvalue weighted by molar-refractivity contribution is 0.105. The number of carbonyl (C=O) groups is 1. The van der Waals surface area contributed by atoms with E-state index in [4.69, 9.17) is 13.9 Å². The number of hydrogen-bond acceptors (Lipinski definition) is 6. The molecule has 144 valence electrons. The maximum absolute atomic E-state index is 13.4. The Labute approximate surface area is 167 Å². The lowest BCUT2D eigenvalue weighted by Gasteiger charge is -2.10. The zero-order valence-electron chi connectivity index (χ0n) is 16.0. The lowest BCUT2D eigenvalue weighted by atomic mass is 10.0. The summed E-state index contributed by atoms with van der Waals surface area (Å²) in [5.74, 6) is 1.01. The number of oxazole rings is 1. The van der Waals surface area contributed by atoms with Gasteiger partial charge in [0, 0.05) is 18.0 Å². The van der Waals surface area contributed by atoms with Crippen LogP contribution < -0.4 is 9.47 Å². The summed E-state index contributed by atoms with van der Waals surface area (Å²) in [5.41, 5.74) is 2.81. The van der Waals surface area contributed by atoms with E-state index in [9.17, 15) is 4.79 Å². The summed E-state index contributed by atoms with van der Waals surface area (Å²) in [6, 6.07) is 16.1. The third kappa shape index (κ3) is 3.73. The fourth-order valence-electron chi connectivity index (χ4n) is 2.97. The Morgan fingerprint density at radius 2 is 1.83 bits per heavy atom. The number of ketones is 1. The minimum Gasteiger partial charge on any atom is -0.493 e. The normalized spacial score (nSPS) is 11.4. The minimum atomic E-state index is -0.249. The van der Waals surface area contributed by atoms with Crippen LogP contribution in [0.1, 0.15) is 21.8 Å². The molecule has 2 aromatic heterocycles. The average molecular weight is 386 g/mol. The second kappa shape index (κ2) is 7.98. The number of pyridine rings is 1. The van der Waals surface area contributed by atoms with Gasteiger partial charge in [0.1, 0.15) is 5.52 Å². The van der Waals surface area contributed by atoms with E-state index in [0.29, 0.717) is 33.7 Å². The van der Waals surface area contributed by atoms with Crippen molar-refractivity contribution in [3.8, 4) is 11.5 Å². The van der Waals surface area contributed by atoms with Crippen LogP contribution in [0.5, 0.6) is 11.5 Å². The van der Waals surface area contributed by atoms with E-state index in [1.807, 2.05) is 30.3 Å². The molecule has 0 saturated carbocycles. The molecule has 0 aliphatic heterocycles. The van der Waals surface area contributed by atoms with Crippen molar-refractivity contribution in [2.45, 2.75) is 0 Å². The van der Waals surface area contributed by atoms with Gasteiger partial charge in [0.2, 0.25) is 5.89 Å². The molecule has 29 heavy (non-hydrogen) atoms. The summed E-state index contributed by atoms with van der Waals surface area (Å²) >= 11 is 0. The minimum absolute atomic E-state index is 0.245. The van der Waals surface area contributed by atoms with Crippen molar-refractivity contribution in [3.05, 3.63) is 84.0 Å². The Hall–Kier alpha value is -3.93. The molecule has 6 nitrogen and oxygen atoms in total. The first-order valence-corrected chi connectivity index (χ1v) is 8.94. The number of aromatic nitrogens is 2. The van der Waals surface area contributed by atoms with Crippen LogP contribution in [0.2, 0.25) is 0 Å². The molecule has 6 heteroatoms. The molecule has 0 atom stereocenters. The molecule has 2 heterocycles. The van der Waals surface area contributed by atoms with Crippen molar-refractivity contribution in [1.82, 2.24) is 9.97 Å². The van der Waals surface area contributed by atoms with Crippen LogP contribution in [-0.2, 0) is 0 Å². The highest BCUT2D eigenvalue weighted by molar-refractivity contribution is 6.31. The Morgan fingerprint density at radius 3 is 2.55 bits per heavy atom. The number of allylic oxidation sites excluding steroid dienone is 1. The number of ether oxygens (including phenoxy) is 2. The van der Waals surface area contributed by atoms with E-state index >= 15 is 0 Å². The van der Waals surface area contributed by atoms with Crippen LogP contribution in [0, 0.1) is 0 Å². The highest BCUT2D eigenvalue weighted by Crippen LogP contribution is 2.31. The Morgan fingerprint density at radius 1 is 1.00 bits per heavy atom. The van der Waals surface area contributed by atoms with Crippen molar-refractivity contribution < 1.29 is 18.7 Å². The van der Waals surface area contributed by atoms with Crippen molar-refractivity contribution in [2.75, 3.05) is 14.2 Å². The molecule has 2 aromatic carbocycles. The number of rotatable bonds is 6. The Bertz CT molecular complexity index is 1160. The van der Waals surface area contributed by atoms with Crippen LogP contribution >= 0.6 is 0 Å². The van der Waals surface area contributed by atoms with Crippen LogP contribution in [0.15, 0.2) is 71.4 Å². The number of hydrogen-bond donors (Lipinski definition) is 0. The van der Waals surface area contributed by atoms with Crippen LogP contribution in [0.3, 0.4) is 0 Å². The van der Waals surface area contributed by atoms with Gasteiger partial charge in [0.05, 0.1) is 19.8 Å². The predicted octanol–water partition coefficient (Wildman–Crippen LogP) is 4.66. The Kier molecular flexibility index (Phi) is 5.07. The predicted molar refractivity (Wildman–Crippen MR) is 110 cm³/mol. The second-order valence-electron chi connectivity index (χ2n) is 6.23. The molecular weight excluding hydrogens is 368 g/mol. The van der Waals surface area contributed by atoms with Gasteiger partial charge in [-0.05, 0) is 48.0 Å². The summed E-state index contributed by atoms with van der Waals surface area (Å²) in [4.78, 5) is 22.0. The van der Waals surface area contributed by atoms with Crippen LogP contribution in [0.4, 0.5) is 0 Å². The molecule has 0 amide bonds. The van der Waals surface area contributed by atoms with Gasteiger partial charge in [-0.1, -0.05) is 18.2 Å². The molecule has 0 aliphatic carbocycles. The SMILES string of the molecule is COc1ccc(C(=O)/C(=C/c2cccnc2)c2nc3ccccc3o2)cc1OC. The zero-order valence-corrected chi connectivity index (χ0v) is 16.0. The quantitative estimate of drug-likeness (QED) is 0.354. The van der Waals surface area contributed by atoms with E-state index in [-0.39, 0.29) is 11.7 Å². The summed E-state index contributed by atoms with van der Waals surface area (Å²) in [6.07, 6.45) is 5.06. The zero-order chi connectivity index (χ0) is 20.2. The number of methoxy groups -OCH3 is 2. The molecule has 0 saturated heterocycles. The van der Waals surface area contributed by atoms with E-state index in [2.05, 4.69) is 9.97 Å². The van der Waals surface area contributed by atoms with Crippen molar-refractivity contribution >= 4 is 28.5 Å². The van der Waals surface area contributed by atoms with Gasteiger partial charge in [0.15, 0.2) is 22.9 Å². The fraction of sp³-hybridized carbons (Fsp3) is 0.0870. The van der Waals surface area contributed by atoms with Crippen LogP contribution in [-0.4, -0.2) is 30.0 Å². The monoisotopic (exact) mass is 386 g/mol.